The van der Waals surface area contributed by atoms with Gasteiger partial charge < -0.3 is 10.6 Å². The molecule has 0 spiro atoms. The molecule has 2 N–H and O–H groups in total. The van der Waals surface area contributed by atoms with E-state index in [2.05, 4.69) is 10.6 Å². The minimum absolute atomic E-state index is 0.323. The third-order valence-electron chi connectivity index (χ3n) is 4.67. The molecule has 0 aromatic heterocycles. The molecule has 6 nitrogen and oxygen atoms in total. The summed E-state index contributed by atoms with van der Waals surface area (Å²) in [5.41, 5.74) is 1.26. The Morgan fingerprint density at radius 1 is 1.11 bits per heavy atom. The van der Waals surface area contributed by atoms with Gasteiger partial charge in [0.2, 0.25) is 5.91 Å². The number of nitrogens with zero attached hydrogens (tertiary/aromatic N) is 1. The van der Waals surface area contributed by atoms with Crippen molar-refractivity contribution in [3.63, 3.8) is 0 Å². The highest BCUT2D eigenvalue weighted by atomic mass is 16.2. The molecule has 1 saturated heterocycles. The molecule has 6 heteroatoms. The van der Waals surface area contributed by atoms with Gasteiger partial charge in [-0.15, -0.1) is 0 Å². The van der Waals surface area contributed by atoms with Crippen molar-refractivity contribution in [1.82, 2.24) is 10.2 Å². The van der Waals surface area contributed by atoms with Crippen molar-refractivity contribution in [3.8, 4) is 0 Å². The van der Waals surface area contributed by atoms with E-state index < -0.39 is 17.5 Å². The van der Waals surface area contributed by atoms with Crippen molar-refractivity contribution in [2.45, 2.75) is 32.2 Å². The highest BCUT2D eigenvalue weighted by Crippen LogP contribution is 2.33. The second-order valence-electron chi connectivity index (χ2n) is 6.76. The van der Waals surface area contributed by atoms with Crippen LogP contribution >= 0.6 is 0 Å². The molecule has 0 saturated carbocycles. The molecule has 1 atom stereocenters. The van der Waals surface area contributed by atoms with Crippen LogP contribution in [0.15, 0.2) is 54.6 Å². The molecule has 0 bridgehead atoms. The van der Waals surface area contributed by atoms with E-state index in [1.165, 1.54) is 0 Å². The lowest BCUT2D eigenvalue weighted by atomic mass is 9.85. The molecule has 0 aliphatic carbocycles. The Kier molecular flexibility index (Phi) is 5.26. The van der Waals surface area contributed by atoms with Crippen LogP contribution in [0.1, 0.15) is 30.9 Å². The fraction of sp³-hybridized carbons (Fsp3) is 0.286. The van der Waals surface area contributed by atoms with Crippen LogP contribution in [0.2, 0.25) is 0 Å². The lowest BCUT2D eigenvalue weighted by molar-refractivity contribution is -0.134. The maximum Gasteiger partial charge on any atom is 0.325 e. The monoisotopic (exact) mass is 365 g/mol. The van der Waals surface area contributed by atoms with Gasteiger partial charge in [-0.2, -0.15) is 0 Å². The molecule has 1 aliphatic rings. The van der Waals surface area contributed by atoms with Gasteiger partial charge in [0.25, 0.3) is 5.91 Å². The third kappa shape index (κ3) is 3.69. The number of imide groups is 1. The number of hydrogen-bond acceptors (Lipinski definition) is 3. The quantitative estimate of drug-likeness (QED) is 0.772. The van der Waals surface area contributed by atoms with Gasteiger partial charge in [-0.3, -0.25) is 14.5 Å². The molecular formula is C21H23N3O3. The summed E-state index contributed by atoms with van der Waals surface area (Å²) < 4.78 is 0. The summed E-state index contributed by atoms with van der Waals surface area (Å²) in [7, 11) is 0. The number of anilines is 1. The van der Waals surface area contributed by atoms with Crippen LogP contribution in [0, 0.1) is 6.92 Å². The molecule has 0 unspecified atom stereocenters. The normalized spacial score (nSPS) is 19.1. The van der Waals surface area contributed by atoms with Crippen molar-refractivity contribution >= 4 is 23.5 Å². The van der Waals surface area contributed by atoms with Crippen LogP contribution in [-0.4, -0.2) is 29.3 Å². The van der Waals surface area contributed by atoms with E-state index in [4.69, 9.17) is 0 Å². The van der Waals surface area contributed by atoms with Gasteiger partial charge in [0, 0.05) is 5.69 Å². The molecule has 2 aromatic rings. The number of rotatable bonds is 6. The van der Waals surface area contributed by atoms with E-state index >= 15 is 0 Å². The predicted molar refractivity (Wildman–Crippen MR) is 103 cm³/mol. The zero-order valence-corrected chi connectivity index (χ0v) is 15.5. The summed E-state index contributed by atoms with van der Waals surface area (Å²) in [6.07, 6.45) is 1.18. The summed E-state index contributed by atoms with van der Waals surface area (Å²) in [6, 6.07) is 16.0. The van der Waals surface area contributed by atoms with Crippen molar-refractivity contribution < 1.29 is 14.4 Å². The molecule has 0 radical (unpaired) electrons. The smallest absolute Gasteiger partial charge is 0.325 e. The second-order valence-corrected chi connectivity index (χ2v) is 6.76. The first-order chi connectivity index (χ1) is 13.0. The first-order valence-electron chi connectivity index (χ1n) is 9.02. The van der Waals surface area contributed by atoms with Gasteiger partial charge in [-0.1, -0.05) is 55.8 Å². The number of hydrogen-bond donors (Lipinski definition) is 2. The molecule has 3 rings (SSSR count). The Bertz CT molecular complexity index is 866. The minimum atomic E-state index is -1.11. The Labute approximate surface area is 158 Å². The number of urea groups is 1. The number of nitrogens with one attached hydrogen (secondary N) is 2. The van der Waals surface area contributed by atoms with E-state index in [1.54, 1.807) is 6.07 Å². The summed E-state index contributed by atoms with van der Waals surface area (Å²) in [5, 5.41) is 5.56. The van der Waals surface area contributed by atoms with Crippen molar-refractivity contribution in [3.05, 3.63) is 65.7 Å². The first kappa shape index (κ1) is 18.6. The molecule has 2 aromatic carbocycles. The Hall–Kier alpha value is -3.15. The average molecular weight is 365 g/mol. The van der Waals surface area contributed by atoms with E-state index in [1.807, 2.05) is 62.4 Å². The fourth-order valence-corrected chi connectivity index (χ4v) is 3.44. The van der Waals surface area contributed by atoms with Gasteiger partial charge in [-0.05, 0) is 36.6 Å². The number of amides is 4. The summed E-state index contributed by atoms with van der Waals surface area (Å²) >= 11 is 0. The molecule has 1 heterocycles. The zero-order valence-electron chi connectivity index (χ0n) is 15.5. The van der Waals surface area contributed by atoms with E-state index in [-0.39, 0.29) is 12.5 Å². The lowest BCUT2D eigenvalue weighted by Gasteiger charge is -2.26. The van der Waals surface area contributed by atoms with Crippen LogP contribution in [0.3, 0.4) is 0 Å². The van der Waals surface area contributed by atoms with E-state index in [9.17, 15) is 14.4 Å². The van der Waals surface area contributed by atoms with Gasteiger partial charge in [-0.25, -0.2) is 4.79 Å². The highest BCUT2D eigenvalue weighted by Gasteiger charge is 2.52. The second kappa shape index (κ2) is 7.61. The van der Waals surface area contributed by atoms with Crippen LogP contribution in [0.25, 0.3) is 0 Å². The lowest BCUT2D eigenvalue weighted by Crippen LogP contribution is -2.44. The molecule has 27 heavy (non-hydrogen) atoms. The SMILES string of the molecule is CCC[C@]1(c2ccccc2)NC(=O)N(CC(=O)Nc2cccc(C)c2)C1=O. The van der Waals surface area contributed by atoms with Crippen LogP contribution < -0.4 is 10.6 Å². The van der Waals surface area contributed by atoms with E-state index in [0.29, 0.717) is 18.5 Å². The van der Waals surface area contributed by atoms with Crippen LogP contribution in [0.4, 0.5) is 10.5 Å². The number of carbonyl (C=O) groups excluding carboxylic acids is 3. The summed E-state index contributed by atoms with van der Waals surface area (Å²) in [6.45, 7) is 3.56. The zero-order chi connectivity index (χ0) is 19.4. The Morgan fingerprint density at radius 2 is 1.85 bits per heavy atom. The number of carbonyl (C=O) groups is 3. The highest BCUT2D eigenvalue weighted by molar-refractivity contribution is 6.10. The van der Waals surface area contributed by atoms with Crippen molar-refractivity contribution in [2.24, 2.45) is 0 Å². The van der Waals surface area contributed by atoms with Gasteiger partial charge >= 0.3 is 6.03 Å². The Balaban J connectivity index is 1.79. The summed E-state index contributed by atoms with van der Waals surface area (Å²) in [5.74, 6) is -0.801. The Morgan fingerprint density at radius 3 is 2.52 bits per heavy atom. The standard InChI is InChI=1S/C21H23N3O3/c1-3-12-21(16-9-5-4-6-10-16)19(26)24(20(27)23-21)14-18(25)22-17-11-7-8-15(2)13-17/h4-11,13H,3,12,14H2,1-2H3,(H,22,25)(H,23,27)/t21-/m1/s1. The molecule has 1 fully saturated rings. The maximum absolute atomic E-state index is 13.1. The third-order valence-corrected chi connectivity index (χ3v) is 4.67. The van der Waals surface area contributed by atoms with Gasteiger partial charge in [0.15, 0.2) is 0 Å². The van der Waals surface area contributed by atoms with E-state index in [0.717, 1.165) is 16.0 Å². The predicted octanol–water partition coefficient (Wildman–Crippen LogP) is 3.18. The summed E-state index contributed by atoms with van der Waals surface area (Å²) in [4.78, 5) is 39.0. The topological polar surface area (TPSA) is 78.5 Å². The largest absolute Gasteiger partial charge is 0.325 e. The average Bonchev–Trinajstić information content (AvgIpc) is 2.88. The maximum atomic E-state index is 13.1. The van der Waals surface area contributed by atoms with Gasteiger partial charge in [0.05, 0.1) is 0 Å². The van der Waals surface area contributed by atoms with Crippen molar-refractivity contribution in [2.75, 3.05) is 11.9 Å². The van der Waals surface area contributed by atoms with Crippen molar-refractivity contribution in [1.29, 1.82) is 0 Å². The fourth-order valence-electron chi connectivity index (χ4n) is 3.44. The molecule has 1 aliphatic heterocycles. The minimum Gasteiger partial charge on any atom is -0.325 e. The number of aryl methyl sites for hydroxylation is 1. The number of benzene rings is 2. The van der Waals surface area contributed by atoms with Crippen LogP contribution in [0.5, 0.6) is 0 Å². The molecule has 4 amide bonds. The van der Waals surface area contributed by atoms with Crippen LogP contribution in [-0.2, 0) is 15.1 Å². The van der Waals surface area contributed by atoms with Gasteiger partial charge in [0.1, 0.15) is 12.1 Å². The first-order valence-corrected chi connectivity index (χ1v) is 9.02. The molecular weight excluding hydrogens is 342 g/mol. The molecule has 140 valence electrons.